The summed E-state index contributed by atoms with van der Waals surface area (Å²) < 4.78 is 25.9. The van der Waals surface area contributed by atoms with Gasteiger partial charge in [-0.2, -0.15) is 0 Å². The second kappa shape index (κ2) is 12.2. The fourth-order valence-corrected chi connectivity index (χ4v) is 3.58. The molecule has 0 bridgehead atoms. The number of methoxy groups -OCH3 is 1. The molecule has 3 aromatic carbocycles. The van der Waals surface area contributed by atoms with Crippen molar-refractivity contribution in [1.29, 1.82) is 0 Å². The van der Waals surface area contributed by atoms with E-state index >= 15 is 0 Å². The van der Waals surface area contributed by atoms with E-state index in [2.05, 4.69) is 26.8 Å². The summed E-state index contributed by atoms with van der Waals surface area (Å²) >= 11 is 0. The quantitative estimate of drug-likeness (QED) is 0.375. The SMILES string of the molecule is CC.COc1ccc(F)c(-c2ccc(COc3cccc(CCC(=O)O)c3)cc2C(C)(C)C)c1. The van der Waals surface area contributed by atoms with Crippen molar-refractivity contribution < 1.29 is 23.8 Å². The molecule has 1 N–H and O–H groups in total. The normalized spacial score (nSPS) is 10.8. The van der Waals surface area contributed by atoms with E-state index in [-0.39, 0.29) is 17.7 Å². The molecule has 0 atom stereocenters. The van der Waals surface area contributed by atoms with Crippen LogP contribution in [0, 0.1) is 5.82 Å². The van der Waals surface area contributed by atoms with E-state index in [0.29, 0.717) is 30.1 Å². The summed E-state index contributed by atoms with van der Waals surface area (Å²) in [6, 6.07) is 18.2. The number of hydrogen-bond donors (Lipinski definition) is 1. The zero-order valence-corrected chi connectivity index (χ0v) is 20.9. The lowest BCUT2D eigenvalue weighted by molar-refractivity contribution is -0.136. The molecular weight excluding hydrogens is 431 g/mol. The number of carbonyl (C=O) groups is 1. The Kier molecular flexibility index (Phi) is 9.67. The summed E-state index contributed by atoms with van der Waals surface area (Å²) in [4.78, 5) is 10.8. The van der Waals surface area contributed by atoms with Crippen LogP contribution in [-0.2, 0) is 23.2 Å². The predicted octanol–water partition coefficient (Wildman–Crippen LogP) is 7.42. The number of carboxylic acid groups (broad SMARTS) is 1. The van der Waals surface area contributed by atoms with Gasteiger partial charge in [0, 0.05) is 12.0 Å². The zero-order chi connectivity index (χ0) is 25.3. The van der Waals surface area contributed by atoms with Gasteiger partial charge in [0.15, 0.2) is 0 Å². The molecule has 5 heteroatoms. The van der Waals surface area contributed by atoms with Crippen molar-refractivity contribution in [3.05, 3.63) is 83.2 Å². The van der Waals surface area contributed by atoms with Crippen molar-refractivity contribution in [2.75, 3.05) is 7.11 Å². The molecule has 0 saturated heterocycles. The largest absolute Gasteiger partial charge is 0.497 e. The first-order valence-electron chi connectivity index (χ1n) is 11.6. The Morgan fingerprint density at radius 3 is 2.29 bits per heavy atom. The maximum atomic E-state index is 14.7. The van der Waals surface area contributed by atoms with Crippen molar-refractivity contribution in [2.24, 2.45) is 0 Å². The predicted molar refractivity (Wildman–Crippen MR) is 135 cm³/mol. The van der Waals surface area contributed by atoms with Gasteiger partial charge in [-0.1, -0.05) is 65.0 Å². The van der Waals surface area contributed by atoms with E-state index in [0.717, 1.165) is 22.3 Å². The highest BCUT2D eigenvalue weighted by Crippen LogP contribution is 2.36. The highest BCUT2D eigenvalue weighted by atomic mass is 19.1. The van der Waals surface area contributed by atoms with Crippen molar-refractivity contribution in [3.63, 3.8) is 0 Å². The number of halogens is 1. The second-order valence-corrected chi connectivity index (χ2v) is 8.81. The van der Waals surface area contributed by atoms with Crippen molar-refractivity contribution in [1.82, 2.24) is 0 Å². The smallest absolute Gasteiger partial charge is 0.303 e. The molecule has 0 aliphatic heterocycles. The number of rotatable bonds is 8. The molecule has 182 valence electrons. The number of aliphatic carboxylic acids is 1. The molecule has 0 aliphatic rings. The van der Waals surface area contributed by atoms with Crippen LogP contribution in [0.1, 0.15) is 57.7 Å². The van der Waals surface area contributed by atoms with E-state index in [1.54, 1.807) is 19.2 Å². The van der Waals surface area contributed by atoms with Crippen LogP contribution in [0.15, 0.2) is 60.7 Å². The van der Waals surface area contributed by atoms with Crippen LogP contribution in [0.3, 0.4) is 0 Å². The number of ether oxygens (including phenoxy) is 2. The highest BCUT2D eigenvalue weighted by molar-refractivity contribution is 5.71. The third-order valence-electron chi connectivity index (χ3n) is 5.29. The Hall–Kier alpha value is -3.34. The van der Waals surface area contributed by atoms with Gasteiger partial charge in [0.2, 0.25) is 0 Å². The molecule has 0 amide bonds. The van der Waals surface area contributed by atoms with Gasteiger partial charge in [-0.25, -0.2) is 4.39 Å². The molecule has 34 heavy (non-hydrogen) atoms. The van der Waals surface area contributed by atoms with Crippen LogP contribution in [-0.4, -0.2) is 18.2 Å². The van der Waals surface area contributed by atoms with E-state index in [4.69, 9.17) is 14.6 Å². The van der Waals surface area contributed by atoms with Crippen LogP contribution in [0.5, 0.6) is 11.5 Å². The first kappa shape index (κ1) is 26.9. The van der Waals surface area contributed by atoms with Gasteiger partial charge in [-0.05, 0) is 64.4 Å². The maximum Gasteiger partial charge on any atom is 0.303 e. The van der Waals surface area contributed by atoms with Crippen LogP contribution in [0.25, 0.3) is 11.1 Å². The van der Waals surface area contributed by atoms with Crippen LogP contribution >= 0.6 is 0 Å². The Bertz CT molecular complexity index is 1100. The maximum absolute atomic E-state index is 14.7. The summed E-state index contributed by atoms with van der Waals surface area (Å²) in [6.07, 6.45) is 0.544. The molecular formula is C29H35FO4. The Morgan fingerprint density at radius 1 is 0.912 bits per heavy atom. The molecule has 3 aromatic rings. The minimum atomic E-state index is -0.821. The average Bonchev–Trinajstić information content (AvgIpc) is 2.83. The van der Waals surface area contributed by atoms with Crippen LogP contribution in [0.2, 0.25) is 0 Å². The number of hydrogen-bond acceptors (Lipinski definition) is 3. The summed E-state index contributed by atoms with van der Waals surface area (Å²) in [5.41, 5.74) is 4.03. The Morgan fingerprint density at radius 2 is 1.65 bits per heavy atom. The minimum Gasteiger partial charge on any atom is -0.497 e. The van der Waals surface area contributed by atoms with E-state index in [1.807, 2.05) is 50.2 Å². The second-order valence-electron chi connectivity index (χ2n) is 8.81. The number of aryl methyl sites for hydroxylation is 1. The van der Waals surface area contributed by atoms with Crippen molar-refractivity contribution in [3.8, 4) is 22.6 Å². The molecule has 4 nitrogen and oxygen atoms in total. The summed E-state index contributed by atoms with van der Waals surface area (Å²) in [5.74, 6) is 0.182. The fourth-order valence-electron chi connectivity index (χ4n) is 3.58. The molecule has 0 spiro atoms. The molecule has 0 radical (unpaired) electrons. The van der Waals surface area contributed by atoms with Crippen LogP contribution in [0.4, 0.5) is 4.39 Å². The molecule has 0 aliphatic carbocycles. The first-order chi connectivity index (χ1) is 16.2. The van der Waals surface area contributed by atoms with Gasteiger partial charge in [0.05, 0.1) is 7.11 Å². The third-order valence-corrected chi connectivity index (χ3v) is 5.29. The van der Waals surface area contributed by atoms with Gasteiger partial charge < -0.3 is 14.6 Å². The molecule has 0 fully saturated rings. The highest BCUT2D eigenvalue weighted by Gasteiger charge is 2.21. The number of carboxylic acids is 1. The number of benzene rings is 3. The summed E-state index contributed by atoms with van der Waals surface area (Å²) in [7, 11) is 1.57. The van der Waals surface area contributed by atoms with E-state index < -0.39 is 5.97 Å². The van der Waals surface area contributed by atoms with Crippen LogP contribution < -0.4 is 9.47 Å². The average molecular weight is 467 g/mol. The van der Waals surface area contributed by atoms with E-state index in [1.165, 1.54) is 6.07 Å². The molecule has 3 rings (SSSR count). The first-order valence-corrected chi connectivity index (χ1v) is 11.6. The lowest BCUT2D eigenvalue weighted by atomic mass is 9.81. The van der Waals surface area contributed by atoms with Gasteiger partial charge in [0.1, 0.15) is 23.9 Å². The van der Waals surface area contributed by atoms with Gasteiger partial charge in [-0.3, -0.25) is 4.79 Å². The Labute approximate surface area is 202 Å². The van der Waals surface area contributed by atoms with Gasteiger partial charge in [0.25, 0.3) is 0 Å². The van der Waals surface area contributed by atoms with Crippen molar-refractivity contribution >= 4 is 5.97 Å². The Balaban J connectivity index is 0.00000199. The topological polar surface area (TPSA) is 55.8 Å². The lowest BCUT2D eigenvalue weighted by Crippen LogP contribution is -2.14. The van der Waals surface area contributed by atoms with Gasteiger partial charge in [-0.15, -0.1) is 0 Å². The molecule has 0 unspecified atom stereocenters. The monoisotopic (exact) mass is 466 g/mol. The zero-order valence-electron chi connectivity index (χ0n) is 20.9. The molecule has 0 heterocycles. The fraction of sp³-hybridized carbons (Fsp3) is 0.345. The summed E-state index contributed by atoms with van der Waals surface area (Å²) in [6.45, 7) is 10.6. The standard InChI is InChI=1S/C27H29FO4.C2H6/c1-27(2,3)24-15-19(8-11-22(24)23-16-20(31-4)10-12-25(23)28)17-32-21-7-5-6-18(14-21)9-13-26(29)30;1-2/h5-8,10-12,14-16H,9,13,17H2,1-4H3,(H,29,30);1-2H3. The molecule has 0 saturated carbocycles. The summed E-state index contributed by atoms with van der Waals surface area (Å²) in [5, 5.41) is 8.88. The lowest BCUT2D eigenvalue weighted by Gasteiger charge is -2.24. The molecule has 0 aromatic heterocycles. The third kappa shape index (κ3) is 7.34. The van der Waals surface area contributed by atoms with Crippen molar-refractivity contribution in [2.45, 2.75) is 59.5 Å². The van der Waals surface area contributed by atoms with E-state index in [9.17, 15) is 9.18 Å². The minimum absolute atomic E-state index is 0.0840. The van der Waals surface area contributed by atoms with Gasteiger partial charge >= 0.3 is 5.97 Å².